The summed E-state index contributed by atoms with van der Waals surface area (Å²) in [6, 6.07) is 14.7. The molecule has 30 heavy (non-hydrogen) atoms. The minimum atomic E-state index is -0.307. The molecular weight excluding hydrogens is 384 g/mol. The number of carbonyl (C=O) groups excluding carboxylic acids is 1. The van der Waals surface area contributed by atoms with Crippen LogP contribution >= 0.6 is 0 Å². The third kappa shape index (κ3) is 4.05. The number of para-hydroxylation sites is 1. The number of benzene rings is 2. The maximum atomic E-state index is 12.9. The van der Waals surface area contributed by atoms with Crippen molar-refractivity contribution in [1.29, 1.82) is 0 Å². The smallest absolute Gasteiger partial charge is 0.291 e. The number of rotatable bonds is 7. The van der Waals surface area contributed by atoms with Crippen LogP contribution in [0.1, 0.15) is 16.3 Å². The number of aliphatic hydroxyl groups is 1. The summed E-state index contributed by atoms with van der Waals surface area (Å²) in [6.45, 7) is 0.888. The molecule has 0 fully saturated rings. The predicted molar refractivity (Wildman–Crippen MR) is 112 cm³/mol. The van der Waals surface area contributed by atoms with Crippen LogP contribution in [0.4, 0.5) is 5.69 Å². The van der Waals surface area contributed by atoms with Crippen molar-refractivity contribution in [2.24, 2.45) is 7.05 Å². The maximum Gasteiger partial charge on any atom is 0.291 e. The Bertz CT molecular complexity index is 1080. The highest BCUT2D eigenvalue weighted by Crippen LogP contribution is 2.35. The highest BCUT2D eigenvalue weighted by molar-refractivity contribution is 6.02. The Hall–Kier alpha value is -3.62. The molecular formula is C22H22N4O4. The van der Waals surface area contributed by atoms with Gasteiger partial charge in [-0.05, 0) is 30.3 Å². The van der Waals surface area contributed by atoms with Crippen LogP contribution in [0.3, 0.4) is 0 Å². The third-order valence-electron chi connectivity index (χ3n) is 4.69. The number of amides is 1. The number of carbonyl (C=O) groups is 1. The number of hydrogen-bond acceptors (Lipinski definition) is 6. The summed E-state index contributed by atoms with van der Waals surface area (Å²) in [6.07, 6.45) is 2.94. The number of ether oxygens (including phenoxy) is 2. The molecule has 8 heteroatoms. The van der Waals surface area contributed by atoms with Crippen LogP contribution < -0.4 is 20.1 Å². The van der Waals surface area contributed by atoms with E-state index in [0.29, 0.717) is 36.0 Å². The van der Waals surface area contributed by atoms with Crippen molar-refractivity contribution in [2.45, 2.75) is 6.54 Å². The largest absolute Gasteiger partial charge is 0.458 e. The molecule has 3 aromatic rings. The fourth-order valence-electron chi connectivity index (χ4n) is 3.21. The Morgan fingerprint density at radius 1 is 1.10 bits per heavy atom. The zero-order chi connectivity index (χ0) is 20.9. The molecule has 3 N–H and O–H groups in total. The molecule has 1 aliphatic heterocycles. The highest BCUT2D eigenvalue weighted by Gasteiger charge is 2.22. The first-order chi connectivity index (χ1) is 14.7. The summed E-state index contributed by atoms with van der Waals surface area (Å²) >= 11 is 0. The molecule has 2 aromatic carbocycles. The van der Waals surface area contributed by atoms with Crippen LogP contribution in [0.2, 0.25) is 0 Å². The lowest BCUT2D eigenvalue weighted by atomic mass is 10.1. The monoisotopic (exact) mass is 406 g/mol. The second-order valence-corrected chi connectivity index (χ2v) is 6.68. The minimum Gasteiger partial charge on any atom is -0.458 e. The minimum absolute atomic E-state index is 0.0187. The summed E-state index contributed by atoms with van der Waals surface area (Å²) < 4.78 is 12.7. The molecule has 0 saturated carbocycles. The lowest BCUT2D eigenvalue weighted by Crippen LogP contribution is -2.21. The predicted octanol–water partition coefficient (Wildman–Crippen LogP) is 2.66. The van der Waals surface area contributed by atoms with E-state index in [4.69, 9.17) is 14.6 Å². The molecule has 0 spiro atoms. The second-order valence-electron chi connectivity index (χ2n) is 6.68. The molecule has 0 bridgehead atoms. The van der Waals surface area contributed by atoms with Crippen molar-refractivity contribution in [1.82, 2.24) is 14.9 Å². The zero-order valence-electron chi connectivity index (χ0n) is 16.5. The van der Waals surface area contributed by atoms with E-state index >= 15 is 0 Å². The van der Waals surface area contributed by atoms with Crippen LogP contribution in [0.15, 0.2) is 61.1 Å². The van der Waals surface area contributed by atoms with Crippen LogP contribution in [-0.4, -0.2) is 33.7 Å². The molecule has 1 aliphatic rings. The zero-order valence-corrected chi connectivity index (χ0v) is 16.5. The molecule has 0 aliphatic carbocycles. The van der Waals surface area contributed by atoms with Gasteiger partial charge < -0.3 is 29.8 Å². The molecule has 8 nitrogen and oxygen atoms in total. The first kappa shape index (κ1) is 19.7. The molecule has 0 saturated heterocycles. The Morgan fingerprint density at radius 2 is 1.87 bits per heavy atom. The van der Waals surface area contributed by atoms with Crippen molar-refractivity contribution in [3.63, 3.8) is 0 Å². The molecule has 4 rings (SSSR count). The molecule has 0 radical (unpaired) electrons. The number of fused-ring (bicyclic) bond motifs is 1. The van der Waals surface area contributed by atoms with Gasteiger partial charge in [0.1, 0.15) is 12.5 Å². The molecule has 0 unspecified atom stereocenters. The van der Waals surface area contributed by atoms with Gasteiger partial charge in [-0.15, -0.1) is 0 Å². The van der Waals surface area contributed by atoms with E-state index in [1.54, 1.807) is 17.7 Å². The van der Waals surface area contributed by atoms with E-state index in [2.05, 4.69) is 15.6 Å². The van der Waals surface area contributed by atoms with E-state index in [-0.39, 0.29) is 18.3 Å². The van der Waals surface area contributed by atoms with Gasteiger partial charge in [-0.3, -0.25) is 4.79 Å². The molecule has 1 aromatic heterocycles. The lowest BCUT2D eigenvalue weighted by molar-refractivity contribution is 0.101. The molecule has 0 atom stereocenters. The Balaban J connectivity index is 1.70. The standard InChI is InChI=1S/C22H22N4O4/c1-26-17(14-23-9-10-27)20(15-7-8-18-19(13-15)30-12-11-29-18)25-21(26)22(28)24-16-5-3-2-4-6-16/h2-8,11-13,23,27H,9-10,14H2,1H3,(H,24,28). The van der Waals surface area contributed by atoms with E-state index in [0.717, 1.165) is 11.3 Å². The molecule has 154 valence electrons. The van der Waals surface area contributed by atoms with E-state index in [1.165, 1.54) is 12.5 Å². The van der Waals surface area contributed by atoms with Gasteiger partial charge in [-0.2, -0.15) is 0 Å². The summed E-state index contributed by atoms with van der Waals surface area (Å²) in [5.41, 5.74) is 2.96. The van der Waals surface area contributed by atoms with Crippen LogP contribution in [-0.2, 0) is 13.6 Å². The van der Waals surface area contributed by atoms with Crippen molar-refractivity contribution in [3.8, 4) is 22.8 Å². The fraction of sp³-hybridized carbons (Fsp3) is 0.182. The number of anilines is 1. The van der Waals surface area contributed by atoms with Crippen molar-refractivity contribution in [3.05, 3.63) is 72.6 Å². The number of aliphatic hydroxyl groups excluding tert-OH is 1. The molecule has 2 heterocycles. The van der Waals surface area contributed by atoms with Crippen LogP contribution in [0.25, 0.3) is 11.3 Å². The summed E-state index contributed by atoms with van der Waals surface area (Å²) in [7, 11) is 1.80. The van der Waals surface area contributed by atoms with Crippen LogP contribution in [0, 0.1) is 0 Å². The van der Waals surface area contributed by atoms with Gasteiger partial charge in [-0.1, -0.05) is 18.2 Å². The third-order valence-corrected chi connectivity index (χ3v) is 4.69. The van der Waals surface area contributed by atoms with Gasteiger partial charge in [-0.25, -0.2) is 4.98 Å². The van der Waals surface area contributed by atoms with Crippen molar-refractivity contribution in [2.75, 3.05) is 18.5 Å². The van der Waals surface area contributed by atoms with Gasteiger partial charge in [0.15, 0.2) is 17.3 Å². The average molecular weight is 406 g/mol. The van der Waals surface area contributed by atoms with E-state index in [9.17, 15) is 4.79 Å². The first-order valence-corrected chi connectivity index (χ1v) is 9.53. The SMILES string of the molecule is Cn1c(C(=O)Nc2ccccc2)nc(-c2ccc3c(c2)OC=CO3)c1CNCCO. The quantitative estimate of drug-likeness (QED) is 0.522. The Labute approximate surface area is 173 Å². The average Bonchev–Trinajstić information content (AvgIpc) is 3.11. The summed E-state index contributed by atoms with van der Waals surface area (Å²) in [5.74, 6) is 1.16. The van der Waals surface area contributed by atoms with E-state index in [1.807, 2.05) is 42.5 Å². The lowest BCUT2D eigenvalue weighted by Gasteiger charge is -2.13. The van der Waals surface area contributed by atoms with Gasteiger partial charge >= 0.3 is 0 Å². The van der Waals surface area contributed by atoms with Crippen LogP contribution in [0.5, 0.6) is 11.5 Å². The normalized spacial score (nSPS) is 12.1. The van der Waals surface area contributed by atoms with E-state index < -0.39 is 0 Å². The fourth-order valence-corrected chi connectivity index (χ4v) is 3.21. The maximum absolute atomic E-state index is 12.9. The highest BCUT2D eigenvalue weighted by atomic mass is 16.5. The first-order valence-electron chi connectivity index (χ1n) is 9.53. The number of aromatic nitrogens is 2. The number of hydrogen-bond donors (Lipinski definition) is 3. The topological polar surface area (TPSA) is 97.6 Å². The van der Waals surface area contributed by atoms with Gasteiger partial charge in [0.05, 0.1) is 18.0 Å². The van der Waals surface area contributed by atoms with Crippen molar-refractivity contribution >= 4 is 11.6 Å². The second kappa shape index (κ2) is 8.81. The Kier molecular flexibility index (Phi) is 5.78. The number of nitrogens with zero attached hydrogens (tertiary/aromatic N) is 2. The van der Waals surface area contributed by atoms with Crippen molar-refractivity contribution < 1.29 is 19.4 Å². The van der Waals surface area contributed by atoms with Gasteiger partial charge in [0.2, 0.25) is 0 Å². The summed E-state index contributed by atoms with van der Waals surface area (Å²) in [4.78, 5) is 17.5. The number of nitrogens with one attached hydrogen (secondary N) is 2. The number of imidazole rings is 1. The van der Waals surface area contributed by atoms with Gasteiger partial charge in [0.25, 0.3) is 5.91 Å². The van der Waals surface area contributed by atoms with Gasteiger partial charge in [0, 0.05) is 31.4 Å². The Morgan fingerprint density at radius 3 is 2.63 bits per heavy atom. The molecule has 1 amide bonds. The summed E-state index contributed by atoms with van der Waals surface area (Å²) in [5, 5.41) is 15.1.